The van der Waals surface area contributed by atoms with Crippen LogP contribution in [0.2, 0.25) is 0 Å². The molecule has 0 unspecified atom stereocenters. The maximum Gasteiger partial charge on any atom is 2.00 e. The minimum Gasteiger partial charge on any atom is -1.00 e. The Balaban J connectivity index is -0.000000107. The molecule has 10 heavy (non-hydrogen) atoms. The van der Waals surface area contributed by atoms with Crippen LogP contribution in [0.4, 0.5) is 0 Å². The van der Waals surface area contributed by atoms with Crippen molar-refractivity contribution in [2.24, 2.45) is 5.41 Å². The van der Waals surface area contributed by atoms with Crippen molar-refractivity contribution < 1.29 is 7.65 Å². The monoisotopic (exact) mass is 154 g/mol. The number of carbonyl (C=O) groups is 1. The molecule has 1 nitrogen and oxygen atoms in total. The van der Waals surface area contributed by atoms with Gasteiger partial charge in [-0.15, -0.1) is 0 Å². The summed E-state index contributed by atoms with van der Waals surface area (Å²) in [5.74, 6) is 0. The van der Waals surface area contributed by atoms with Gasteiger partial charge in [0.15, 0.2) is 0 Å². The summed E-state index contributed by atoms with van der Waals surface area (Å²) in [5, 5.41) is 0. The van der Waals surface area contributed by atoms with Crippen molar-refractivity contribution >= 4 is 29.3 Å². The number of aldehydes is 1. The van der Waals surface area contributed by atoms with Gasteiger partial charge in [-0.3, -0.25) is 0 Å². The van der Waals surface area contributed by atoms with Crippen LogP contribution in [0.15, 0.2) is 0 Å². The van der Waals surface area contributed by atoms with Gasteiger partial charge in [0.05, 0.1) is 0 Å². The van der Waals surface area contributed by atoms with Crippen LogP contribution in [-0.4, -0.2) is 29.3 Å². The summed E-state index contributed by atoms with van der Waals surface area (Å²) in [5.41, 5.74) is 0.392. The van der Waals surface area contributed by atoms with Crippen LogP contribution >= 0.6 is 0 Å². The van der Waals surface area contributed by atoms with E-state index >= 15 is 0 Å². The number of unbranched alkanes of at least 4 members (excludes halogenated alkanes) is 1. The molecule has 0 aliphatic carbocycles. The molecule has 0 N–H and O–H groups in total. The molecular weight excluding hydrogens is 136 g/mol. The van der Waals surface area contributed by atoms with Gasteiger partial charge in [0.25, 0.3) is 0 Å². The van der Waals surface area contributed by atoms with Crippen LogP contribution in [0.1, 0.15) is 42.9 Å². The number of rotatable bonds is 3. The number of hydrogen-bond acceptors (Lipinski definition) is 1. The third-order valence-electron chi connectivity index (χ3n) is 1.25. The predicted octanol–water partition coefficient (Wildman–Crippen LogP) is 2.25. The van der Waals surface area contributed by atoms with E-state index in [4.69, 9.17) is 0 Å². The van der Waals surface area contributed by atoms with E-state index in [-0.39, 0.29) is 25.9 Å². The molecule has 0 amide bonds. The molecule has 0 heterocycles. The third kappa shape index (κ3) is 11.3. The Morgan fingerprint density at radius 1 is 1.40 bits per heavy atom. The fraction of sp³-hybridized carbons (Fsp3) is 0.875. The van der Waals surface area contributed by atoms with Crippen LogP contribution < -0.4 is 0 Å². The second-order valence-corrected chi connectivity index (χ2v) is 3.62. The molecule has 0 atom stereocenters. The summed E-state index contributed by atoms with van der Waals surface area (Å²) in [6.07, 6.45) is 3.89. The first-order valence-electron chi connectivity index (χ1n) is 3.50. The molecule has 0 saturated carbocycles. The number of hydrogen-bond donors (Lipinski definition) is 0. The molecule has 0 aromatic rings. The van der Waals surface area contributed by atoms with Crippen molar-refractivity contribution in [3.8, 4) is 0 Å². The first-order valence-corrected chi connectivity index (χ1v) is 3.50. The van der Waals surface area contributed by atoms with E-state index in [1.54, 1.807) is 0 Å². The molecule has 0 bridgehead atoms. The number of carbonyl (C=O) groups excluding carboxylic acids is 1. The molecule has 0 fully saturated rings. The molecule has 0 aromatic carbocycles. The zero-order chi connectivity index (χ0) is 7.33. The molecular formula is C8H18MgO. The van der Waals surface area contributed by atoms with Crippen LogP contribution in [0.25, 0.3) is 0 Å². The summed E-state index contributed by atoms with van der Waals surface area (Å²) in [6.45, 7) is 6.58. The first kappa shape index (κ1) is 13.1. The smallest absolute Gasteiger partial charge is 1.00 e. The van der Waals surface area contributed by atoms with E-state index in [9.17, 15) is 4.79 Å². The van der Waals surface area contributed by atoms with Crippen molar-refractivity contribution in [2.75, 3.05) is 0 Å². The zero-order valence-electron chi connectivity index (χ0n) is 9.31. The van der Waals surface area contributed by atoms with Gasteiger partial charge < -0.3 is 7.65 Å². The summed E-state index contributed by atoms with van der Waals surface area (Å²) < 4.78 is 0. The molecule has 2 heteroatoms. The van der Waals surface area contributed by atoms with Crippen LogP contribution in [0.3, 0.4) is 0 Å². The predicted molar refractivity (Wildman–Crippen MR) is 47.3 cm³/mol. The van der Waals surface area contributed by atoms with Gasteiger partial charge in [-0.1, -0.05) is 20.8 Å². The third-order valence-corrected chi connectivity index (χ3v) is 1.25. The largest absolute Gasteiger partial charge is 2.00 e. The quantitative estimate of drug-likeness (QED) is 0.346. The first-order chi connectivity index (χ1) is 4.06. The molecule has 58 valence electrons. The van der Waals surface area contributed by atoms with Gasteiger partial charge in [0.2, 0.25) is 0 Å². The van der Waals surface area contributed by atoms with Crippen molar-refractivity contribution in [1.82, 2.24) is 0 Å². The topological polar surface area (TPSA) is 17.1 Å². The summed E-state index contributed by atoms with van der Waals surface area (Å²) in [6, 6.07) is 0. The van der Waals surface area contributed by atoms with E-state index in [1.807, 2.05) is 0 Å². The Bertz CT molecular complexity index is 91.5. The van der Waals surface area contributed by atoms with Crippen molar-refractivity contribution in [3.63, 3.8) is 0 Å². The van der Waals surface area contributed by atoms with Gasteiger partial charge in [-0.25, -0.2) is 0 Å². The van der Waals surface area contributed by atoms with E-state index in [2.05, 4.69) is 20.8 Å². The Hall–Kier alpha value is 0.436. The average Bonchev–Trinajstić information content (AvgIpc) is 1.63. The molecule has 0 aliphatic rings. The van der Waals surface area contributed by atoms with Crippen molar-refractivity contribution in [2.45, 2.75) is 40.0 Å². The van der Waals surface area contributed by atoms with Gasteiger partial charge in [0, 0.05) is 6.42 Å². The van der Waals surface area contributed by atoms with Crippen LogP contribution in [0.5, 0.6) is 0 Å². The van der Waals surface area contributed by atoms with Crippen LogP contribution in [-0.2, 0) is 4.79 Å². The molecule has 0 aromatic heterocycles. The Morgan fingerprint density at radius 2 is 1.90 bits per heavy atom. The van der Waals surface area contributed by atoms with E-state index in [1.165, 1.54) is 0 Å². The second-order valence-electron chi connectivity index (χ2n) is 3.62. The minimum absolute atomic E-state index is 0. The maximum absolute atomic E-state index is 9.89. The zero-order valence-corrected chi connectivity index (χ0v) is 8.73. The Labute approximate surface area is 82.7 Å². The van der Waals surface area contributed by atoms with Gasteiger partial charge in [-0.05, 0) is 18.3 Å². The van der Waals surface area contributed by atoms with Crippen LogP contribution in [0, 0.1) is 5.41 Å². The standard InChI is InChI=1S/C8H16O.Mg.2H/c1-8(2,3)6-4-5-7-9;;;/h7H,4-6H2,1-3H3;;;/q;+2;2*-1. The Morgan fingerprint density at radius 3 is 2.20 bits per heavy atom. The summed E-state index contributed by atoms with van der Waals surface area (Å²) in [4.78, 5) is 9.89. The Kier molecular flexibility index (Phi) is 8.05. The van der Waals surface area contributed by atoms with Gasteiger partial charge in [-0.2, -0.15) is 0 Å². The molecule has 0 rings (SSSR count). The maximum atomic E-state index is 9.89. The molecule has 0 aliphatic heterocycles. The fourth-order valence-corrected chi connectivity index (χ4v) is 0.716. The molecule has 0 saturated heterocycles. The summed E-state index contributed by atoms with van der Waals surface area (Å²) >= 11 is 0. The van der Waals surface area contributed by atoms with Crippen molar-refractivity contribution in [3.05, 3.63) is 0 Å². The van der Waals surface area contributed by atoms with Gasteiger partial charge >= 0.3 is 23.1 Å². The SMILES string of the molecule is CC(C)(C)CCCC=O.[H-].[H-].[Mg+2]. The normalized spacial score (nSPS) is 10.3. The van der Waals surface area contributed by atoms with E-state index in [0.717, 1.165) is 25.5 Å². The van der Waals surface area contributed by atoms with E-state index < -0.39 is 0 Å². The fourth-order valence-electron chi connectivity index (χ4n) is 0.716. The van der Waals surface area contributed by atoms with Crippen molar-refractivity contribution in [1.29, 1.82) is 0 Å². The molecule has 0 radical (unpaired) electrons. The second kappa shape index (κ2) is 6.17. The van der Waals surface area contributed by atoms with Gasteiger partial charge in [0.1, 0.15) is 6.29 Å². The summed E-state index contributed by atoms with van der Waals surface area (Å²) in [7, 11) is 0. The average molecular weight is 155 g/mol. The molecule has 0 spiro atoms. The minimum atomic E-state index is 0. The van der Waals surface area contributed by atoms with E-state index in [0.29, 0.717) is 5.41 Å².